The van der Waals surface area contributed by atoms with Crippen molar-refractivity contribution in [2.24, 2.45) is 29.6 Å². The quantitative estimate of drug-likeness (QED) is 0.0996. The lowest BCUT2D eigenvalue weighted by molar-refractivity contribution is -0.149. The molecule has 0 bridgehead atoms. The minimum Gasteiger partial charge on any atom is -0.379 e. The second-order valence-electron chi connectivity index (χ2n) is 17.6. The highest BCUT2D eigenvalue weighted by molar-refractivity contribution is 7.09. The molecule has 0 radical (unpaired) electrons. The van der Waals surface area contributed by atoms with Crippen molar-refractivity contribution in [3.63, 3.8) is 0 Å². The Balaban J connectivity index is 1.76. The van der Waals surface area contributed by atoms with Crippen LogP contribution in [0.15, 0.2) is 41.9 Å². The molecule has 3 rings (SSSR count). The zero-order valence-electron chi connectivity index (χ0n) is 39.2. The summed E-state index contributed by atoms with van der Waals surface area (Å²) in [5, 5.41) is 9.06. The molecule has 1 saturated heterocycles. The number of nitrogens with zero attached hydrogens (tertiary/aromatic N) is 4. The summed E-state index contributed by atoms with van der Waals surface area (Å²) in [5.41, 5.74) is 1.09. The molecule has 1 aromatic heterocycles. The van der Waals surface area contributed by atoms with Crippen LogP contribution >= 0.6 is 11.3 Å². The van der Waals surface area contributed by atoms with Gasteiger partial charge in [0.15, 0.2) is 5.78 Å². The number of amides is 3. The number of likely N-dealkylation sites (tertiary alicyclic amines) is 1. The standard InChI is InChI=1S/C47H78N6O7S/c1-13-33(6)43(52(10)47(57)36(31(2)3)29-39(54)42(32(4)5)51(9)24-26-60-25-21-48-8)40(58-11)30-41(55)53-23-17-20-38(53)44(59-12)34(7)45(56)50-37(46-49-22-27-61-46)28-35-18-15-14-16-19-35/h14-16,18-19,22,27,31-34,36-38,40,42-44,48H,13,17,20-21,23-26,28-30H2,1-12H3,(H,50,56)/t33-,34+,36-,37-,38?,40+,42-,43-,44+/m0/s1. The van der Waals surface area contributed by atoms with Gasteiger partial charge in [-0.05, 0) is 56.7 Å². The molecule has 1 fully saturated rings. The molecule has 61 heavy (non-hydrogen) atoms. The second kappa shape index (κ2) is 26.4. The maximum Gasteiger partial charge on any atom is 0.226 e. The normalized spacial score (nSPS) is 18.4. The van der Waals surface area contributed by atoms with E-state index in [1.165, 1.54) is 11.3 Å². The molecule has 13 nitrogen and oxygen atoms in total. The molecule has 1 aromatic carbocycles. The van der Waals surface area contributed by atoms with Crippen molar-refractivity contribution < 1.29 is 33.4 Å². The van der Waals surface area contributed by atoms with Gasteiger partial charge in [0.1, 0.15) is 5.01 Å². The fourth-order valence-corrected chi connectivity index (χ4v) is 9.71. The molecule has 2 aromatic rings. The van der Waals surface area contributed by atoms with Crippen molar-refractivity contribution in [2.45, 2.75) is 123 Å². The van der Waals surface area contributed by atoms with Crippen LogP contribution in [0.4, 0.5) is 0 Å². The summed E-state index contributed by atoms with van der Waals surface area (Å²) in [5.74, 6) is -1.48. The van der Waals surface area contributed by atoms with Crippen LogP contribution in [0, 0.1) is 29.6 Å². The van der Waals surface area contributed by atoms with Gasteiger partial charge in [0.2, 0.25) is 17.7 Å². The van der Waals surface area contributed by atoms with Gasteiger partial charge in [-0.25, -0.2) is 4.98 Å². The van der Waals surface area contributed by atoms with E-state index in [0.29, 0.717) is 39.1 Å². The predicted molar refractivity (Wildman–Crippen MR) is 243 cm³/mol. The Kier molecular flexibility index (Phi) is 22.5. The molecule has 9 atom stereocenters. The van der Waals surface area contributed by atoms with Crippen molar-refractivity contribution in [1.82, 2.24) is 30.3 Å². The minimum atomic E-state index is -0.600. The van der Waals surface area contributed by atoms with Gasteiger partial charge in [-0.15, -0.1) is 11.3 Å². The lowest BCUT2D eigenvalue weighted by atomic mass is 9.83. The first-order valence-corrected chi connectivity index (χ1v) is 23.3. The molecule has 1 aliphatic rings. The van der Waals surface area contributed by atoms with Gasteiger partial charge < -0.3 is 34.6 Å². The number of benzene rings is 1. The van der Waals surface area contributed by atoms with Crippen LogP contribution in [0.1, 0.15) is 97.2 Å². The van der Waals surface area contributed by atoms with Gasteiger partial charge in [0.05, 0.1) is 61.9 Å². The van der Waals surface area contributed by atoms with Crippen molar-refractivity contribution >= 4 is 34.8 Å². The molecule has 3 amide bonds. The summed E-state index contributed by atoms with van der Waals surface area (Å²) in [6.45, 7) is 17.1. The Labute approximate surface area is 371 Å². The molecular formula is C47H78N6O7S. The Bertz CT molecular complexity index is 1600. The van der Waals surface area contributed by atoms with E-state index in [-0.39, 0.29) is 72.2 Å². The fourth-order valence-electron chi connectivity index (χ4n) is 9.02. The fraction of sp³-hybridized carbons (Fsp3) is 0.723. The van der Waals surface area contributed by atoms with Crippen LogP contribution < -0.4 is 10.6 Å². The first kappa shape index (κ1) is 52.1. The number of hydrogen-bond donors (Lipinski definition) is 2. The van der Waals surface area contributed by atoms with Crippen LogP contribution in [0.3, 0.4) is 0 Å². The summed E-state index contributed by atoms with van der Waals surface area (Å²) in [4.78, 5) is 67.2. The Morgan fingerprint density at radius 1 is 0.967 bits per heavy atom. The highest BCUT2D eigenvalue weighted by Crippen LogP contribution is 2.32. The zero-order chi connectivity index (χ0) is 45.2. The third kappa shape index (κ3) is 14.9. The molecule has 14 heteroatoms. The Morgan fingerprint density at radius 3 is 2.25 bits per heavy atom. The van der Waals surface area contributed by atoms with Crippen molar-refractivity contribution in [2.75, 3.05) is 68.2 Å². The molecule has 344 valence electrons. The number of carbonyl (C=O) groups is 4. The van der Waals surface area contributed by atoms with Gasteiger partial charge >= 0.3 is 0 Å². The summed E-state index contributed by atoms with van der Waals surface area (Å²) < 4.78 is 17.9. The van der Waals surface area contributed by atoms with E-state index in [1.54, 1.807) is 32.4 Å². The monoisotopic (exact) mass is 871 g/mol. The van der Waals surface area contributed by atoms with Crippen molar-refractivity contribution in [1.29, 1.82) is 0 Å². The van der Waals surface area contributed by atoms with Crippen molar-refractivity contribution in [3.8, 4) is 0 Å². The number of hydrogen-bond acceptors (Lipinski definition) is 11. The largest absolute Gasteiger partial charge is 0.379 e. The highest BCUT2D eigenvalue weighted by atomic mass is 32.1. The summed E-state index contributed by atoms with van der Waals surface area (Å²) in [6.07, 6.45) is 3.63. The van der Waals surface area contributed by atoms with E-state index < -0.39 is 30.1 Å². The number of nitrogens with one attached hydrogen (secondary N) is 2. The van der Waals surface area contributed by atoms with Crippen molar-refractivity contribution in [3.05, 3.63) is 52.5 Å². The lowest BCUT2D eigenvalue weighted by Crippen LogP contribution is -2.54. The molecule has 0 aliphatic carbocycles. The Morgan fingerprint density at radius 2 is 1.67 bits per heavy atom. The lowest BCUT2D eigenvalue weighted by Gasteiger charge is -2.41. The smallest absolute Gasteiger partial charge is 0.226 e. The summed E-state index contributed by atoms with van der Waals surface area (Å²) >= 11 is 1.51. The number of methoxy groups -OCH3 is 2. The number of thiazole rings is 1. The van der Waals surface area contributed by atoms with E-state index in [9.17, 15) is 19.2 Å². The molecule has 2 N–H and O–H groups in total. The first-order chi connectivity index (χ1) is 29.1. The van der Waals surface area contributed by atoms with Gasteiger partial charge in [-0.1, -0.05) is 85.2 Å². The number of aromatic nitrogens is 1. The van der Waals surface area contributed by atoms with Crippen LogP contribution in [0.25, 0.3) is 0 Å². The predicted octanol–water partition coefficient (Wildman–Crippen LogP) is 5.89. The maximum absolute atomic E-state index is 14.6. The number of rotatable bonds is 28. The molecule has 1 aliphatic heterocycles. The van der Waals surface area contributed by atoms with Crippen LogP contribution in [0.2, 0.25) is 0 Å². The molecule has 0 spiro atoms. The third-order valence-corrected chi connectivity index (χ3v) is 13.6. The highest BCUT2D eigenvalue weighted by Gasteiger charge is 2.43. The third-order valence-electron chi connectivity index (χ3n) is 12.7. The second-order valence-corrected chi connectivity index (χ2v) is 18.5. The first-order valence-electron chi connectivity index (χ1n) is 22.4. The minimum absolute atomic E-state index is 0.000786. The van der Waals surface area contributed by atoms with Gasteiger partial charge in [0.25, 0.3) is 0 Å². The molecule has 2 heterocycles. The van der Waals surface area contributed by atoms with Gasteiger partial charge in [-0.2, -0.15) is 0 Å². The molecule has 1 unspecified atom stereocenters. The number of Topliss-reactive ketones (excluding diaryl/α,β-unsaturated/α-hetero) is 1. The summed E-state index contributed by atoms with van der Waals surface area (Å²) in [6, 6.07) is 8.64. The number of likely N-dealkylation sites (N-methyl/N-ethyl adjacent to an activating group) is 3. The number of ether oxygens (including phenoxy) is 3. The summed E-state index contributed by atoms with van der Waals surface area (Å²) in [7, 11) is 8.83. The van der Waals surface area contributed by atoms with Crippen LogP contribution in [-0.4, -0.2) is 142 Å². The van der Waals surface area contributed by atoms with E-state index in [2.05, 4.69) is 29.5 Å². The van der Waals surface area contributed by atoms with E-state index in [4.69, 9.17) is 14.2 Å². The van der Waals surface area contributed by atoms with E-state index in [0.717, 1.165) is 30.0 Å². The van der Waals surface area contributed by atoms with Crippen LogP contribution in [-0.2, 0) is 39.8 Å². The van der Waals surface area contributed by atoms with E-state index in [1.807, 2.05) is 94.2 Å². The zero-order valence-corrected chi connectivity index (χ0v) is 40.0. The number of ketones is 1. The molecule has 0 saturated carbocycles. The average Bonchev–Trinajstić information content (AvgIpc) is 3.96. The van der Waals surface area contributed by atoms with Gasteiger partial charge in [0, 0.05) is 64.8 Å². The van der Waals surface area contributed by atoms with Gasteiger partial charge in [-0.3, -0.25) is 24.1 Å². The Hall–Kier alpha value is -3.27. The SMILES string of the molecule is CC[C@H](C)[C@@H]([C@@H](CC(=O)N1CCCC1[C@H](OC)[C@@H](C)C(=O)N[C@@H](Cc1ccccc1)c1nccs1)OC)N(C)C(=O)[C@@H](CC(=O)[C@H](C(C)C)N(C)CCOCCNC)C(C)C. The topological polar surface area (TPSA) is 143 Å². The number of carbonyl (C=O) groups excluding carboxylic acids is 4. The maximum atomic E-state index is 14.6. The van der Waals surface area contributed by atoms with Crippen LogP contribution in [0.5, 0.6) is 0 Å². The van der Waals surface area contributed by atoms with E-state index >= 15 is 0 Å². The molecular weight excluding hydrogens is 793 g/mol. The average molecular weight is 871 g/mol.